The summed E-state index contributed by atoms with van der Waals surface area (Å²) in [6.07, 6.45) is 77.1. The number of aliphatic hydroxyl groups excluding tert-OH is 5. The fourth-order valence-electron chi connectivity index (χ4n) is 11.2. The van der Waals surface area contributed by atoms with Gasteiger partial charge in [0, 0.05) is 6.42 Å². The number of hydrogen-bond acceptors (Lipinski definition) is 8. The molecule has 474 valence electrons. The molecule has 9 nitrogen and oxygen atoms in total. The van der Waals surface area contributed by atoms with Crippen molar-refractivity contribution in [1.82, 2.24) is 5.32 Å². The number of amides is 1. The van der Waals surface area contributed by atoms with Crippen LogP contribution >= 0.6 is 0 Å². The van der Waals surface area contributed by atoms with E-state index in [2.05, 4.69) is 79.9 Å². The van der Waals surface area contributed by atoms with Gasteiger partial charge >= 0.3 is 0 Å². The molecule has 1 amide bonds. The van der Waals surface area contributed by atoms with Crippen LogP contribution in [0.2, 0.25) is 0 Å². The Balaban J connectivity index is 2.11. The molecule has 0 spiro atoms. The summed E-state index contributed by atoms with van der Waals surface area (Å²) in [6.45, 7) is 3.77. The van der Waals surface area contributed by atoms with Crippen LogP contribution in [0.5, 0.6) is 0 Å². The van der Waals surface area contributed by atoms with Gasteiger partial charge in [0.1, 0.15) is 24.4 Å². The van der Waals surface area contributed by atoms with E-state index in [4.69, 9.17) is 9.47 Å². The average Bonchev–Trinajstić information content (AvgIpc) is 3.47. The molecular formula is C72H133NO8. The Morgan fingerprint density at radius 2 is 0.765 bits per heavy atom. The predicted molar refractivity (Wildman–Crippen MR) is 346 cm³/mol. The highest BCUT2D eigenvalue weighted by Gasteiger charge is 2.44. The van der Waals surface area contributed by atoms with Gasteiger partial charge in [0.25, 0.3) is 0 Å². The predicted octanol–water partition coefficient (Wildman–Crippen LogP) is 19.0. The van der Waals surface area contributed by atoms with Gasteiger partial charge in [0.15, 0.2) is 6.29 Å². The Hall–Kier alpha value is -2.11. The number of rotatable bonds is 61. The van der Waals surface area contributed by atoms with Crippen molar-refractivity contribution in [3.8, 4) is 0 Å². The van der Waals surface area contributed by atoms with E-state index in [1.165, 1.54) is 238 Å². The summed E-state index contributed by atoms with van der Waals surface area (Å²) in [5.41, 5.74) is 0. The highest BCUT2D eigenvalue weighted by molar-refractivity contribution is 5.76. The van der Waals surface area contributed by atoms with Gasteiger partial charge in [-0.25, -0.2) is 0 Å². The van der Waals surface area contributed by atoms with E-state index in [1.54, 1.807) is 0 Å². The van der Waals surface area contributed by atoms with Gasteiger partial charge < -0.3 is 40.3 Å². The molecule has 1 rings (SSSR count). The van der Waals surface area contributed by atoms with Crippen molar-refractivity contribution in [3.63, 3.8) is 0 Å². The molecule has 0 radical (unpaired) electrons. The lowest BCUT2D eigenvalue weighted by atomic mass is 9.99. The molecule has 7 unspecified atom stereocenters. The molecule has 0 saturated carbocycles. The number of nitrogens with one attached hydrogen (secondary N) is 1. The van der Waals surface area contributed by atoms with Crippen molar-refractivity contribution in [2.24, 2.45) is 0 Å². The smallest absolute Gasteiger partial charge is 0.220 e. The Morgan fingerprint density at radius 1 is 0.432 bits per heavy atom. The third kappa shape index (κ3) is 49.8. The van der Waals surface area contributed by atoms with E-state index in [0.717, 1.165) is 70.6 Å². The first kappa shape index (κ1) is 76.9. The molecule has 7 atom stereocenters. The molecular weight excluding hydrogens is 1010 g/mol. The maximum absolute atomic E-state index is 13.2. The zero-order valence-electron chi connectivity index (χ0n) is 53.0. The number of ether oxygens (including phenoxy) is 2. The zero-order valence-corrected chi connectivity index (χ0v) is 53.0. The first-order chi connectivity index (χ1) is 39.8. The molecule has 1 aliphatic heterocycles. The molecule has 0 aromatic carbocycles. The summed E-state index contributed by atoms with van der Waals surface area (Å²) >= 11 is 0. The van der Waals surface area contributed by atoms with Crippen LogP contribution in [0.15, 0.2) is 60.8 Å². The molecule has 1 aliphatic rings. The maximum atomic E-state index is 13.2. The minimum absolute atomic E-state index is 0.137. The number of carbonyl (C=O) groups is 1. The van der Waals surface area contributed by atoms with E-state index in [0.29, 0.717) is 12.8 Å². The van der Waals surface area contributed by atoms with Crippen LogP contribution in [0.25, 0.3) is 0 Å². The van der Waals surface area contributed by atoms with E-state index < -0.39 is 49.5 Å². The third-order valence-electron chi connectivity index (χ3n) is 16.6. The Kier molecular flexibility index (Phi) is 57.9. The number of unbranched alkanes of at least 4 members (excludes halogenated alkanes) is 41. The second-order valence-electron chi connectivity index (χ2n) is 24.3. The minimum atomic E-state index is -1.56. The fraction of sp³-hybridized carbons (Fsp3) is 0.847. The minimum Gasteiger partial charge on any atom is -0.394 e. The summed E-state index contributed by atoms with van der Waals surface area (Å²) in [5.74, 6) is -0.141. The molecule has 1 fully saturated rings. The van der Waals surface area contributed by atoms with Gasteiger partial charge in [-0.05, 0) is 57.8 Å². The van der Waals surface area contributed by atoms with Crippen LogP contribution in [-0.2, 0) is 14.3 Å². The highest BCUT2D eigenvalue weighted by Crippen LogP contribution is 2.24. The summed E-state index contributed by atoms with van der Waals surface area (Å²) in [7, 11) is 0. The first-order valence-corrected chi connectivity index (χ1v) is 35.0. The SMILES string of the molecule is CC/C=C\C/C=C\C/C=C\C/C=C\C/C=C\CCCCCCCCCCCCCCCCCC(=O)NC(COC1OC(CO)C(O)C(O)C1O)C(O)CCCCCCCCCCCCCCCCCCCCCCCCCCCCC. The highest BCUT2D eigenvalue weighted by atomic mass is 16.7. The van der Waals surface area contributed by atoms with Gasteiger partial charge in [-0.15, -0.1) is 0 Å². The lowest BCUT2D eigenvalue weighted by Crippen LogP contribution is -2.60. The van der Waals surface area contributed by atoms with Crippen LogP contribution in [0.1, 0.15) is 335 Å². The molecule has 0 bridgehead atoms. The lowest BCUT2D eigenvalue weighted by molar-refractivity contribution is -0.302. The monoisotopic (exact) mass is 1140 g/mol. The molecule has 6 N–H and O–H groups in total. The fourth-order valence-corrected chi connectivity index (χ4v) is 11.2. The van der Waals surface area contributed by atoms with Crippen molar-refractivity contribution >= 4 is 5.91 Å². The number of aliphatic hydroxyl groups is 5. The normalized spacial score (nSPS) is 18.7. The average molecular weight is 1140 g/mol. The first-order valence-electron chi connectivity index (χ1n) is 35.0. The van der Waals surface area contributed by atoms with Crippen molar-refractivity contribution in [3.05, 3.63) is 60.8 Å². The van der Waals surface area contributed by atoms with E-state index in [-0.39, 0.29) is 12.5 Å². The summed E-state index contributed by atoms with van der Waals surface area (Å²) in [4.78, 5) is 13.2. The molecule has 0 aromatic rings. The largest absolute Gasteiger partial charge is 0.394 e. The summed E-state index contributed by atoms with van der Waals surface area (Å²) in [6, 6.07) is -0.723. The summed E-state index contributed by atoms with van der Waals surface area (Å²) in [5, 5.41) is 55.0. The second kappa shape index (κ2) is 61.0. The molecule has 9 heteroatoms. The molecule has 1 heterocycles. The second-order valence-corrected chi connectivity index (χ2v) is 24.3. The van der Waals surface area contributed by atoms with E-state index in [1.807, 2.05) is 0 Å². The van der Waals surface area contributed by atoms with Crippen LogP contribution in [0.3, 0.4) is 0 Å². The quantitative estimate of drug-likeness (QED) is 0.0261. The maximum Gasteiger partial charge on any atom is 0.220 e. The number of allylic oxidation sites excluding steroid dienone is 10. The van der Waals surface area contributed by atoms with Crippen LogP contribution in [0.4, 0.5) is 0 Å². The van der Waals surface area contributed by atoms with Crippen LogP contribution < -0.4 is 5.32 Å². The van der Waals surface area contributed by atoms with Crippen molar-refractivity contribution in [2.45, 2.75) is 378 Å². The van der Waals surface area contributed by atoms with Gasteiger partial charge in [0.05, 0.1) is 25.4 Å². The lowest BCUT2D eigenvalue weighted by Gasteiger charge is -2.40. The third-order valence-corrected chi connectivity index (χ3v) is 16.6. The number of hydrogen-bond donors (Lipinski definition) is 6. The Morgan fingerprint density at radius 3 is 1.14 bits per heavy atom. The van der Waals surface area contributed by atoms with Gasteiger partial charge in [-0.1, -0.05) is 331 Å². The molecule has 0 aliphatic carbocycles. The van der Waals surface area contributed by atoms with Crippen molar-refractivity contribution in [2.75, 3.05) is 13.2 Å². The molecule has 1 saturated heterocycles. The van der Waals surface area contributed by atoms with Gasteiger partial charge in [-0.3, -0.25) is 4.79 Å². The topological polar surface area (TPSA) is 149 Å². The Labute approximate surface area is 500 Å². The summed E-state index contributed by atoms with van der Waals surface area (Å²) < 4.78 is 11.4. The van der Waals surface area contributed by atoms with Gasteiger partial charge in [0.2, 0.25) is 5.91 Å². The molecule has 81 heavy (non-hydrogen) atoms. The number of carbonyl (C=O) groups excluding carboxylic acids is 1. The van der Waals surface area contributed by atoms with Gasteiger partial charge in [-0.2, -0.15) is 0 Å². The van der Waals surface area contributed by atoms with Crippen LogP contribution in [-0.4, -0.2) is 87.5 Å². The van der Waals surface area contributed by atoms with E-state index in [9.17, 15) is 30.3 Å². The van der Waals surface area contributed by atoms with Crippen molar-refractivity contribution in [1.29, 1.82) is 0 Å². The van der Waals surface area contributed by atoms with E-state index >= 15 is 0 Å². The standard InChI is InChI=1S/C72H133NO8/c1-3-5-7-9-11-13-15-17-19-21-23-25-27-29-31-32-33-34-36-38-40-42-44-46-48-50-52-54-56-58-60-62-68(76)73-65(64-80-72-71(79)70(78)69(77)67(63-74)81-72)66(75)61-59-57-55-53-51-49-47-45-43-41-39-37-35-30-28-26-24-22-20-18-16-14-12-10-8-6-4-2/h5,7,11,13,17,19,23,25,29,31,65-67,69-72,74-75,77-79H,3-4,6,8-10,12,14-16,18,20-22,24,26-28,30,32-64H2,1-2H3,(H,73,76)/b7-5-,13-11-,19-17-,25-23-,31-29-. The van der Waals surface area contributed by atoms with Crippen molar-refractivity contribution < 1.29 is 39.8 Å². The molecule has 0 aromatic heterocycles. The zero-order chi connectivity index (χ0) is 58.6. The van der Waals surface area contributed by atoms with Crippen LogP contribution in [0, 0.1) is 0 Å². The Bertz CT molecular complexity index is 1460.